The van der Waals surface area contributed by atoms with Crippen molar-refractivity contribution < 1.29 is 14.3 Å². The van der Waals surface area contributed by atoms with Crippen molar-refractivity contribution in [2.45, 2.75) is 17.7 Å². The number of carbonyl (C=O) groups is 2. The Morgan fingerprint density at radius 3 is 3.00 bits per heavy atom. The van der Waals surface area contributed by atoms with Gasteiger partial charge in [0, 0.05) is 12.2 Å². The zero-order chi connectivity index (χ0) is 10.6. The Labute approximate surface area is 86.7 Å². The molecule has 1 saturated heterocycles. The lowest BCUT2D eigenvalue weighted by molar-refractivity contribution is -0.137. The molecule has 14 heavy (non-hydrogen) atoms. The number of cyclic esters (lactones) is 1. The molecule has 1 aliphatic heterocycles. The summed E-state index contributed by atoms with van der Waals surface area (Å²) >= 11 is 1.42. The third kappa shape index (κ3) is 2.88. The van der Waals surface area contributed by atoms with Crippen LogP contribution in [0.1, 0.15) is 6.42 Å². The third-order valence-corrected chi connectivity index (χ3v) is 3.40. The zero-order valence-electron chi connectivity index (χ0n) is 7.99. The van der Waals surface area contributed by atoms with Gasteiger partial charge in [-0.1, -0.05) is 0 Å². The summed E-state index contributed by atoms with van der Waals surface area (Å²) in [5, 5.41) is 2.66. The Hall–Kier alpha value is -0.750. The number of hydrogen-bond donors (Lipinski definition) is 2. The molecule has 2 atom stereocenters. The van der Waals surface area contributed by atoms with E-state index in [9.17, 15) is 9.59 Å². The monoisotopic (exact) mass is 218 g/mol. The summed E-state index contributed by atoms with van der Waals surface area (Å²) in [6, 6.07) is -0.381. The minimum absolute atomic E-state index is 0.134. The number of ether oxygens (including phenoxy) is 1. The van der Waals surface area contributed by atoms with Crippen LogP contribution in [0.4, 0.5) is 0 Å². The number of primary amides is 1. The Bertz CT molecular complexity index is 233. The van der Waals surface area contributed by atoms with E-state index >= 15 is 0 Å². The minimum atomic E-state index is -0.397. The number of esters is 1. The highest BCUT2D eigenvalue weighted by Gasteiger charge is 2.28. The van der Waals surface area contributed by atoms with Gasteiger partial charge in [0.05, 0.1) is 12.6 Å². The van der Waals surface area contributed by atoms with Gasteiger partial charge in [0.25, 0.3) is 0 Å². The Morgan fingerprint density at radius 2 is 2.57 bits per heavy atom. The van der Waals surface area contributed by atoms with Crippen LogP contribution < -0.4 is 11.1 Å². The molecule has 0 aromatic heterocycles. The van der Waals surface area contributed by atoms with Crippen LogP contribution in [0.3, 0.4) is 0 Å². The van der Waals surface area contributed by atoms with Crippen LogP contribution in [0.2, 0.25) is 0 Å². The number of rotatable bonds is 5. The molecule has 1 amide bonds. The van der Waals surface area contributed by atoms with E-state index in [4.69, 9.17) is 10.5 Å². The fraction of sp³-hybridized carbons (Fsp3) is 0.750. The molecule has 5 nitrogen and oxygen atoms in total. The van der Waals surface area contributed by atoms with Crippen molar-refractivity contribution in [2.24, 2.45) is 5.73 Å². The smallest absolute Gasteiger partial charge is 0.319 e. The predicted octanol–water partition coefficient (Wildman–Crippen LogP) is -0.892. The average Bonchev–Trinajstić information content (AvgIpc) is 2.52. The molecule has 1 heterocycles. The van der Waals surface area contributed by atoms with Gasteiger partial charge < -0.3 is 15.8 Å². The Balaban J connectivity index is 2.31. The summed E-state index contributed by atoms with van der Waals surface area (Å²) in [5.74, 6) is -0.0771. The fourth-order valence-corrected chi connectivity index (χ4v) is 2.37. The van der Waals surface area contributed by atoms with Crippen LogP contribution in [0, 0.1) is 0 Å². The highest BCUT2D eigenvalue weighted by molar-refractivity contribution is 8.00. The van der Waals surface area contributed by atoms with Gasteiger partial charge in [-0.15, -0.1) is 11.8 Å². The van der Waals surface area contributed by atoms with Gasteiger partial charge in [-0.3, -0.25) is 9.59 Å². The summed E-state index contributed by atoms with van der Waals surface area (Å²) in [5.41, 5.74) is 5.14. The number of nitrogens with two attached hydrogens (primary N) is 1. The summed E-state index contributed by atoms with van der Waals surface area (Å²) in [4.78, 5) is 21.9. The molecule has 0 aromatic carbocycles. The van der Waals surface area contributed by atoms with Crippen molar-refractivity contribution in [3.63, 3.8) is 0 Å². The van der Waals surface area contributed by atoms with Crippen molar-refractivity contribution in [3.8, 4) is 0 Å². The average molecular weight is 218 g/mol. The first-order valence-corrected chi connectivity index (χ1v) is 5.45. The van der Waals surface area contributed by atoms with Crippen LogP contribution in [-0.4, -0.2) is 42.6 Å². The quantitative estimate of drug-likeness (QED) is 0.585. The van der Waals surface area contributed by atoms with Crippen LogP contribution in [0.15, 0.2) is 0 Å². The maximum atomic E-state index is 11.1. The molecule has 80 valence electrons. The van der Waals surface area contributed by atoms with Gasteiger partial charge in [0.1, 0.15) is 5.25 Å². The number of hydrogen-bond acceptors (Lipinski definition) is 5. The standard InChI is InChI=1S/C8H14N2O3S/c1-10-5(7(9)11)4-14-6-2-3-13-8(6)12/h5-6,10H,2-4H2,1H3,(H2,9,11)/t5-,6?/m0/s1. The van der Waals surface area contributed by atoms with E-state index in [1.54, 1.807) is 7.05 Å². The first-order chi connectivity index (χ1) is 6.65. The molecule has 0 aromatic rings. The van der Waals surface area contributed by atoms with Gasteiger partial charge in [-0.25, -0.2) is 0 Å². The third-order valence-electron chi connectivity index (χ3n) is 2.04. The highest BCUT2D eigenvalue weighted by atomic mass is 32.2. The van der Waals surface area contributed by atoms with E-state index < -0.39 is 5.91 Å². The lowest BCUT2D eigenvalue weighted by Gasteiger charge is -2.12. The van der Waals surface area contributed by atoms with Crippen LogP contribution in [0.25, 0.3) is 0 Å². The lowest BCUT2D eigenvalue weighted by Crippen LogP contribution is -2.41. The summed E-state index contributed by atoms with van der Waals surface area (Å²) in [7, 11) is 1.67. The molecule has 1 aliphatic rings. The first-order valence-electron chi connectivity index (χ1n) is 4.40. The molecule has 0 aliphatic carbocycles. The Morgan fingerprint density at radius 1 is 1.86 bits per heavy atom. The van der Waals surface area contributed by atoms with Gasteiger partial charge in [0.15, 0.2) is 0 Å². The largest absolute Gasteiger partial charge is 0.465 e. The second-order valence-corrected chi connectivity index (χ2v) is 4.26. The molecule has 3 N–H and O–H groups in total. The second-order valence-electron chi connectivity index (χ2n) is 3.02. The number of thioether (sulfide) groups is 1. The molecule has 0 spiro atoms. The molecule has 1 rings (SSSR count). The highest BCUT2D eigenvalue weighted by Crippen LogP contribution is 2.22. The topological polar surface area (TPSA) is 81.4 Å². The van der Waals surface area contributed by atoms with Crippen molar-refractivity contribution in [1.82, 2.24) is 5.32 Å². The normalized spacial score (nSPS) is 23.2. The van der Waals surface area contributed by atoms with Crippen molar-refractivity contribution >= 4 is 23.6 Å². The Kier molecular flexibility index (Phi) is 4.21. The van der Waals surface area contributed by atoms with Crippen molar-refractivity contribution in [2.75, 3.05) is 19.4 Å². The van der Waals surface area contributed by atoms with E-state index in [1.807, 2.05) is 0 Å². The van der Waals surface area contributed by atoms with E-state index in [1.165, 1.54) is 11.8 Å². The van der Waals surface area contributed by atoms with Gasteiger partial charge in [-0.2, -0.15) is 0 Å². The molecular weight excluding hydrogens is 204 g/mol. The minimum Gasteiger partial charge on any atom is -0.465 e. The summed E-state index contributed by atoms with van der Waals surface area (Å²) in [6.07, 6.45) is 0.721. The van der Waals surface area contributed by atoms with E-state index in [2.05, 4.69) is 5.32 Å². The number of amides is 1. The molecule has 0 saturated carbocycles. The van der Waals surface area contributed by atoms with Gasteiger partial charge >= 0.3 is 5.97 Å². The van der Waals surface area contributed by atoms with E-state index in [0.29, 0.717) is 12.4 Å². The number of nitrogens with one attached hydrogen (secondary N) is 1. The molecule has 1 fully saturated rings. The maximum Gasteiger partial charge on any atom is 0.319 e. The lowest BCUT2D eigenvalue weighted by atomic mass is 10.3. The molecule has 1 unspecified atom stereocenters. The molecular formula is C8H14N2O3S. The number of likely N-dealkylation sites (N-methyl/N-ethyl adjacent to an activating group) is 1. The molecule has 0 bridgehead atoms. The predicted molar refractivity (Wildman–Crippen MR) is 53.9 cm³/mol. The SMILES string of the molecule is CN[C@@H](CSC1CCOC1=O)C(N)=O. The van der Waals surface area contributed by atoms with E-state index in [-0.39, 0.29) is 17.3 Å². The first kappa shape index (κ1) is 11.3. The van der Waals surface area contributed by atoms with Crippen LogP contribution in [-0.2, 0) is 14.3 Å². The van der Waals surface area contributed by atoms with Gasteiger partial charge in [0.2, 0.25) is 5.91 Å². The second kappa shape index (κ2) is 5.21. The van der Waals surface area contributed by atoms with Crippen LogP contribution in [0.5, 0.6) is 0 Å². The van der Waals surface area contributed by atoms with Gasteiger partial charge in [-0.05, 0) is 7.05 Å². The maximum absolute atomic E-state index is 11.1. The fourth-order valence-electron chi connectivity index (χ4n) is 1.15. The van der Waals surface area contributed by atoms with Crippen molar-refractivity contribution in [3.05, 3.63) is 0 Å². The summed E-state index contributed by atoms with van der Waals surface area (Å²) < 4.78 is 4.80. The summed E-state index contributed by atoms with van der Waals surface area (Å²) in [6.45, 7) is 0.483. The number of carbonyl (C=O) groups excluding carboxylic acids is 2. The van der Waals surface area contributed by atoms with E-state index in [0.717, 1.165) is 6.42 Å². The van der Waals surface area contributed by atoms with Crippen molar-refractivity contribution in [1.29, 1.82) is 0 Å². The zero-order valence-corrected chi connectivity index (χ0v) is 8.80. The molecule has 0 radical (unpaired) electrons. The molecule has 6 heteroatoms. The van der Waals surface area contributed by atoms with Crippen LogP contribution >= 0.6 is 11.8 Å².